The topological polar surface area (TPSA) is 64.3 Å². The second-order valence-corrected chi connectivity index (χ2v) is 3.87. The first-order chi connectivity index (χ1) is 8.15. The van der Waals surface area contributed by atoms with Gasteiger partial charge >= 0.3 is 0 Å². The zero-order valence-electron chi connectivity index (χ0n) is 10.4. The van der Waals surface area contributed by atoms with Crippen LogP contribution in [-0.2, 0) is 11.2 Å². The standard InChI is InChI=1S/C13H20N2O2/c1-3-17-12-7-5-4-6-11(12)8-9-15-13(16)10(2)14/h4-7,10H,3,8-9,14H2,1-2H3,(H,15,16)/t10-/m1/s1. The number of nitrogens with two attached hydrogens (primary N) is 1. The molecule has 0 saturated heterocycles. The molecule has 0 aliphatic rings. The number of ether oxygens (including phenoxy) is 1. The van der Waals surface area contributed by atoms with Crippen molar-refractivity contribution in [1.82, 2.24) is 5.32 Å². The van der Waals surface area contributed by atoms with Crippen molar-refractivity contribution in [2.75, 3.05) is 13.2 Å². The van der Waals surface area contributed by atoms with E-state index < -0.39 is 6.04 Å². The predicted molar refractivity (Wildman–Crippen MR) is 68.0 cm³/mol. The average Bonchev–Trinajstić information content (AvgIpc) is 2.31. The van der Waals surface area contributed by atoms with Crippen LogP contribution in [0.1, 0.15) is 19.4 Å². The van der Waals surface area contributed by atoms with E-state index in [1.807, 2.05) is 31.2 Å². The van der Waals surface area contributed by atoms with Gasteiger partial charge in [0, 0.05) is 6.54 Å². The summed E-state index contributed by atoms with van der Waals surface area (Å²) in [4.78, 5) is 11.3. The van der Waals surface area contributed by atoms with Crippen LogP contribution in [-0.4, -0.2) is 25.1 Å². The van der Waals surface area contributed by atoms with Gasteiger partial charge in [0.25, 0.3) is 0 Å². The molecular weight excluding hydrogens is 216 g/mol. The molecule has 17 heavy (non-hydrogen) atoms. The third-order valence-electron chi connectivity index (χ3n) is 2.38. The molecule has 1 atom stereocenters. The second kappa shape index (κ2) is 6.91. The molecule has 0 radical (unpaired) electrons. The van der Waals surface area contributed by atoms with Gasteiger partial charge in [-0.2, -0.15) is 0 Å². The number of amides is 1. The first-order valence-electron chi connectivity index (χ1n) is 5.89. The molecule has 1 amide bonds. The van der Waals surface area contributed by atoms with Crippen LogP contribution < -0.4 is 15.8 Å². The quantitative estimate of drug-likeness (QED) is 0.777. The Bertz CT molecular complexity index is 364. The van der Waals surface area contributed by atoms with Crippen molar-refractivity contribution < 1.29 is 9.53 Å². The third-order valence-corrected chi connectivity index (χ3v) is 2.38. The molecule has 1 aromatic rings. The van der Waals surface area contributed by atoms with Gasteiger partial charge in [-0.25, -0.2) is 0 Å². The summed E-state index contributed by atoms with van der Waals surface area (Å²) in [6.07, 6.45) is 0.745. The van der Waals surface area contributed by atoms with E-state index in [4.69, 9.17) is 10.5 Å². The van der Waals surface area contributed by atoms with Crippen molar-refractivity contribution in [3.05, 3.63) is 29.8 Å². The van der Waals surface area contributed by atoms with Crippen molar-refractivity contribution in [1.29, 1.82) is 0 Å². The summed E-state index contributed by atoms with van der Waals surface area (Å²) >= 11 is 0. The lowest BCUT2D eigenvalue weighted by atomic mass is 10.1. The van der Waals surface area contributed by atoms with Crippen molar-refractivity contribution >= 4 is 5.91 Å². The van der Waals surface area contributed by atoms with Crippen LogP contribution in [0.25, 0.3) is 0 Å². The molecular formula is C13H20N2O2. The van der Waals surface area contributed by atoms with Crippen LogP contribution >= 0.6 is 0 Å². The number of hydrogen-bond acceptors (Lipinski definition) is 3. The summed E-state index contributed by atoms with van der Waals surface area (Å²) in [5.74, 6) is 0.754. The Hall–Kier alpha value is -1.55. The van der Waals surface area contributed by atoms with Gasteiger partial charge in [-0.05, 0) is 31.9 Å². The van der Waals surface area contributed by atoms with E-state index in [9.17, 15) is 4.79 Å². The number of carbonyl (C=O) groups excluding carboxylic acids is 1. The molecule has 4 heteroatoms. The largest absolute Gasteiger partial charge is 0.494 e. The predicted octanol–water partition coefficient (Wildman–Crippen LogP) is 1.09. The first-order valence-corrected chi connectivity index (χ1v) is 5.89. The highest BCUT2D eigenvalue weighted by molar-refractivity contribution is 5.80. The van der Waals surface area contributed by atoms with E-state index in [0.717, 1.165) is 17.7 Å². The monoisotopic (exact) mass is 236 g/mol. The molecule has 4 nitrogen and oxygen atoms in total. The molecule has 0 spiro atoms. The summed E-state index contributed by atoms with van der Waals surface area (Å²) in [5.41, 5.74) is 6.55. The molecule has 0 bridgehead atoms. The lowest BCUT2D eigenvalue weighted by Gasteiger charge is -2.11. The van der Waals surface area contributed by atoms with Crippen LogP contribution in [0.5, 0.6) is 5.75 Å². The summed E-state index contributed by atoms with van der Waals surface area (Å²) in [6, 6.07) is 7.38. The normalized spacial score (nSPS) is 11.9. The molecule has 0 heterocycles. The average molecular weight is 236 g/mol. The van der Waals surface area contributed by atoms with Gasteiger partial charge in [0.15, 0.2) is 0 Å². The Labute approximate surface area is 102 Å². The highest BCUT2D eigenvalue weighted by Crippen LogP contribution is 2.17. The van der Waals surface area contributed by atoms with Crippen molar-refractivity contribution in [3.8, 4) is 5.75 Å². The van der Waals surface area contributed by atoms with Crippen LogP contribution in [0.4, 0.5) is 0 Å². The van der Waals surface area contributed by atoms with Crippen LogP contribution in [0.2, 0.25) is 0 Å². The van der Waals surface area contributed by atoms with Crippen LogP contribution in [0.3, 0.4) is 0 Å². The Morgan fingerprint density at radius 3 is 2.82 bits per heavy atom. The molecule has 0 aliphatic heterocycles. The van der Waals surface area contributed by atoms with E-state index in [1.165, 1.54) is 0 Å². The number of nitrogens with one attached hydrogen (secondary N) is 1. The minimum atomic E-state index is -0.461. The smallest absolute Gasteiger partial charge is 0.236 e. The SMILES string of the molecule is CCOc1ccccc1CCNC(=O)[C@@H](C)N. The molecule has 1 rings (SSSR count). The zero-order chi connectivity index (χ0) is 12.7. The fourth-order valence-corrected chi connectivity index (χ4v) is 1.49. The lowest BCUT2D eigenvalue weighted by molar-refractivity contribution is -0.121. The van der Waals surface area contributed by atoms with Gasteiger partial charge in [0.1, 0.15) is 5.75 Å². The third kappa shape index (κ3) is 4.44. The van der Waals surface area contributed by atoms with Gasteiger partial charge in [0.2, 0.25) is 5.91 Å². The van der Waals surface area contributed by atoms with Crippen molar-refractivity contribution in [2.24, 2.45) is 5.73 Å². The summed E-state index contributed by atoms with van der Waals surface area (Å²) < 4.78 is 5.50. The van der Waals surface area contributed by atoms with E-state index >= 15 is 0 Å². The van der Waals surface area contributed by atoms with Gasteiger partial charge in [-0.1, -0.05) is 18.2 Å². The highest BCUT2D eigenvalue weighted by atomic mass is 16.5. The molecule has 3 N–H and O–H groups in total. The molecule has 0 saturated carbocycles. The number of para-hydroxylation sites is 1. The number of benzene rings is 1. The summed E-state index contributed by atoms with van der Waals surface area (Å²) in [5, 5.41) is 2.78. The van der Waals surface area contributed by atoms with Crippen LogP contribution in [0.15, 0.2) is 24.3 Å². The maximum Gasteiger partial charge on any atom is 0.236 e. The Kier molecular flexibility index (Phi) is 5.49. The lowest BCUT2D eigenvalue weighted by Crippen LogP contribution is -2.39. The highest BCUT2D eigenvalue weighted by Gasteiger charge is 2.07. The number of carbonyl (C=O) groups is 1. The van der Waals surface area contributed by atoms with E-state index in [1.54, 1.807) is 6.92 Å². The minimum absolute atomic E-state index is 0.126. The second-order valence-electron chi connectivity index (χ2n) is 3.87. The van der Waals surface area contributed by atoms with Crippen molar-refractivity contribution in [3.63, 3.8) is 0 Å². The Morgan fingerprint density at radius 2 is 2.18 bits per heavy atom. The molecule has 0 fully saturated rings. The molecule has 0 aromatic heterocycles. The fraction of sp³-hybridized carbons (Fsp3) is 0.462. The Morgan fingerprint density at radius 1 is 1.47 bits per heavy atom. The molecule has 0 unspecified atom stereocenters. The fourth-order valence-electron chi connectivity index (χ4n) is 1.49. The molecule has 0 aliphatic carbocycles. The maximum absolute atomic E-state index is 11.3. The Balaban J connectivity index is 2.48. The summed E-state index contributed by atoms with van der Waals surface area (Å²) in [7, 11) is 0. The van der Waals surface area contributed by atoms with Gasteiger partial charge in [-0.15, -0.1) is 0 Å². The van der Waals surface area contributed by atoms with Crippen molar-refractivity contribution in [2.45, 2.75) is 26.3 Å². The summed E-state index contributed by atoms with van der Waals surface area (Å²) in [6.45, 7) is 4.84. The zero-order valence-corrected chi connectivity index (χ0v) is 10.4. The number of rotatable bonds is 6. The first kappa shape index (κ1) is 13.5. The molecule has 1 aromatic carbocycles. The van der Waals surface area contributed by atoms with E-state index in [2.05, 4.69) is 5.32 Å². The molecule has 94 valence electrons. The van der Waals surface area contributed by atoms with Gasteiger partial charge in [0.05, 0.1) is 12.6 Å². The maximum atomic E-state index is 11.3. The van der Waals surface area contributed by atoms with Crippen LogP contribution in [0, 0.1) is 0 Å². The minimum Gasteiger partial charge on any atom is -0.494 e. The number of hydrogen-bond donors (Lipinski definition) is 2. The van der Waals surface area contributed by atoms with E-state index in [-0.39, 0.29) is 5.91 Å². The van der Waals surface area contributed by atoms with Gasteiger partial charge < -0.3 is 15.8 Å². The van der Waals surface area contributed by atoms with E-state index in [0.29, 0.717) is 13.2 Å². The van der Waals surface area contributed by atoms with Gasteiger partial charge in [-0.3, -0.25) is 4.79 Å².